The van der Waals surface area contributed by atoms with E-state index in [4.69, 9.17) is 15.6 Å². The van der Waals surface area contributed by atoms with E-state index >= 15 is 0 Å². The second-order valence-corrected chi connectivity index (χ2v) is 11.2. The Morgan fingerprint density at radius 1 is 1.14 bits per heavy atom. The second kappa shape index (κ2) is 12.6. The van der Waals surface area contributed by atoms with E-state index in [-0.39, 0.29) is 35.8 Å². The zero-order valence-corrected chi connectivity index (χ0v) is 22.0. The van der Waals surface area contributed by atoms with E-state index in [0.29, 0.717) is 37.8 Å². The van der Waals surface area contributed by atoms with Gasteiger partial charge in [-0.25, -0.2) is 4.98 Å². The Hall–Kier alpha value is -2.26. The van der Waals surface area contributed by atoms with Crippen LogP contribution in [0.5, 0.6) is 0 Å². The number of esters is 1. The molecule has 0 aromatic carbocycles. The average Bonchev–Trinajstić information content (AvgIpc) is 3.25. The summed E-state index contributed by atoms with van der Waals surface area (Å²) in [5, 5.41) is 8.76. The third kappa shape index (κ3) is 8.72. The molecule has 1 aliphatic rings. The third-order valence-electron chi connectivity index (χ3n) is 7.41. The molecule has 1 aliphatic heterocycles. The van der Waals surface area contributed by atoms with Crippen LogP contribution in [-0.4, -0.2) is 68.0 Å². The average molecular weight is 493 g/mol. The van der Waals surface area contributed by atoms with E-state index in [1.54, 1.807) is 6.20 Å². The summed E-state index contributed by atoms with van der Waals surface area (Å²) in [6.07, 6.45) is 8.97. The molecule has 0 radical (unpaired) electrons. The first-order valence-corrected chi connectivity index (χ1v) is 12.8. The first kappa shape index (κ1) is 29.0. The molecular formula is C26H44N4O5. The number of carbonyl (C=O) groups is 3. The van der Waals surface area contributed by atoms with E-state index in [1.807, 2.05) is 0 Å². The summed E-state index contributed by atoms with van der Waals surface area (Å²) in [7, 11) is 2.09. The minimum atomic E-state index is -0.908. The van der Waals surface area contributed by atoms with Gasteiger partial charge >= 0.3 is 11.9 Å². The number of unbranched alkanes of at least 4 members (excludes halogenated alkanes) is 4. The number of aliphatic carboxylic acids is 1. The van der Waals surface area contributed by atoms with E-state index in [9.17, 15) is 14.4 Å². The Morgan fingerprint density at radius 3 is 2.31 bits per heavy atom. The highest BCUT2D eigenvalue weighted by Crippen LogP contribution is 2.38. The number of nitrogens with zero attached hydrogens (tertiary/aromatic N) is 2. The van der Waals surface area contributed by atoms with Gasteiger partial charge in [-0.1, -0.05) is 25.7 Å². The molecule has 1 unspecified atom stereocenters. The smallest absolute Gasteiger partial charge is 0.316 e. The molecule has 0 saturated carbocycles. The van der Waals surface area contributed by atoms with Crippen LogP contribution in [0.2, 0.25) is 0 Å². The minimum Gasteiger partial charge on any atom is -0.481 e. The summed E-state index contributed by atoms with van der Waals surface area (Å²) in [5.41, 5.74) is 6.60. The molecule has 0 amide bonds. The Labute approximate surface area is 209 Å². The summed E-state index contributed by atoms with van der Waals surface area (Å²) >= 11 is 0. The molecule has 1 aromatic rings. The predicted molar refractivity (Wildman–Crippen MR) is 134 cm³/mol. The molecule has 4 N–H and O–H groups in total. The second-order valence-electron chi connectivity index (χ2n) is 11.2. The summed E-state index contributed by atoms with van der Waals surface area (Å²) in [4.78, 5) is 46.5. The summed E-state index contributed by atoms with van der Waals surface area (Å²) in [5.74, 6) is -2.49. The lowest BCUT2D eigenvalue weighted by Crippen LogP contribution is -2.60. The van der Waals surface area contributed by atoms with Crippen LogP contribution in [0.25, 0.3) is 0 Å². The fourth-order valence-electron chi connectivity index (χ4n) is 5.13. The molecule has 9 nitrogen and oxygen atoms in total. The monoisotopic (exact) mass is 492 g/mol. The molecule has 198 valence electrons. The van der Waals surface area contributed by atoms with Crippen LogP contribution in [0.3, 0.4) is 0 Å². The van der Waals surface area contributed by atoms with Crippen LogP contribution in [0.1, 0.15) is 91.2 Å². The maximum atomic E-state index is 13.3. The van der Waals surface area contributed by atoms with Gasteiger partial charge in [0.2, 0.25) is 0 Å². The summed E-state index contributed by atoms with van der Waals surface area (Å²) in [6.45, 7) is 8.56. The van der Waals surface area contributed by atoms with Crippen molar-refractivity contribution < 1.29 is 24.2 Å². The number of likely N-dealkylation sites (tertiary alicyclic amines) is 1. The molecule has 1 saturated heterocycles. The predicted octanol–water partition coefficient (Wildman–Crippen LogP) is 3.47. The van der Waals surface area contributed by atoms with Gasteiger partial charge < -0.3 is 20.6 Å². The fourth-order valence-corrected chi connectivity index (χ4v) is 5.13. The van der Waals surface area contributed by atoms with Crippen molar-refractivity contribution in [1.29, 1.82) is 0 Å². The molecule has 0 aliphatic carbocycles. The lowest BCUT2D eigenvalue weighted by molar-refractivity contribution is -0.166. The van der Waals surface area contributed by atoms with Crippen LogP contribution in [0.4, 0.5) is 0 Å². The molecule has 1 aromatic heterocycles. The van der Waals surface area contributed by atoms with Crippen molar-refractivity contribution in [3.05, 3.63) is 18.2 Å². The number of H-pyrrole nitrogens is 1. The van der Waals surface area contributed by atoms with Gasteiger partial charge in [-0.3, -0.25) is 19.3 Å². The number of imidazole rings is 1. The van der Waals surface area contributed by atoms with Gasteiger partial charge in [0.05, 0.1) is 18.1 Å². The van der Waals surface area contributed by atoms with Crippen LogP contribution in [0.15, 0.2) is 12.5 Å². The first-order valence-electron chi connectivity index (χ1n) is 12.8. The highest BCUT2D eigenvalue weighted by molar-refractivity contribution is 6.01. The normalized spacial score (nSPS) is 19.7. The van der Waals surface area contributed by atoms with Crippen molar-refractivity contribution in [3.63, 3.8) is 0 Å². The first-order chi connectivity index (χ1) is 16.3. The van der Waals surface area contributed by atoms with Gasteiger partial charge in [-0.05, 0) is 47.6 Å². The summed E-state index contributed by atoms with van der Waals surface area (Å²) in [6, 6.07) is -0.836. The molecule has 1 fully saturated rings. The van der Waals surface area contributed by atoms with E-state index in [1.165, 1.54) is 6.33 Å². The number of piperidine rings is 1. The Morgan fingerprint density at radius 2 is 1.74 bits per heavy atom. The van der Waals surface area contributed by atoms with Crippen LogP contribution in [-0.2, 0) is 25.5 Å². The number of Topliss-reactive ketones (excluding diaryl/α,β-unsaturated/α-hetero) is 1. The number of nitrogens with one attached hydrogen (secondary N) is 1. The summed E-state index contributed by atoms with van der Waals surface area (Å²) < 4.78 is 5.97. The highest BCUT2D eigenvalue weighted by Gasteiger charge is 2.45. The largest absolute Gasteiger partial charge is 0.481 e. The lowest BCUT2D eigenvalue weighted by Gasteiger charge is -2.53. The van der Waals surface area contributed by atoms with E-state index in [2.05, 4.69) is 49.6 Å². The number of aromatic amines is 1. The molecule has 2 atom stereocenters. The lowest BCUT2D eigenvalue weighted by atomic mass is 9.78. The number of hydrogen-bond acceptors (Lipinski definition) is 7. The maximum Gasteiger partial charge on any atom is 0.316 e. The van der Waals surface area contributed by atoms with Gasteiger partial charge in [0.25, 0.3) is 0 Å². The number of hydrogen-bond donors (Lipinski definition) is 3. The van der Waals surface area contributed by atoms with Crippen LogP contribution < -0.4 is 5.73 Å². The van der Waals surface area contributed by atoms with Crippen LogP contribution >= 0.6 is 0 Å². The van der Waals surface area contributed by atoms with Crippen LogP contribution in [0, 0.1) is 5.92 Å². The number of ketones is 1. The number of aromatic nitrogens is 2. The number of carboxylic acids is 1. The fraction of sp³-hybridized carbons (Fsp3) is 0.769. The number of carbonyl (C=O) groups excluding carboxylic acids is 2. The van der Waals surface area contributed by atoms with Gasteiger partial charge in [-0.15, -0.1) is 0 Å². The molecule has 0 bridgehead atoms. The Kier molecular flexibility index (Phi) is 10.5. The molecule has 9 heteroatoms. The van der Waals surface area contributed by atoms with Gasteiger partial charge in [0.1, 0.15) is 12.0 Å². The molecular weight excluding hydrogens is 448 g/mol. The topological polar surface area (TPSA) is 139 Å². The van der Waals surface area contributed by atoms with Crippen molar-refractivity contribution in [3.8, 4) is 0 Å². The molecule has 2 heterocycles. The van der Waals surface area contributed by atoms with Crippen molar-refractivity contribution in [2.45, 2.75) is 115 Å². The number of ether oxygens (including phenoxy) is 1. The SMILES string of the molecule is CN1C(C)(C)CC(OC(=O)C(CCCCCCCC(=O)O)C(=O)[C@@H](N)Cc2c[nH]cn2)CC1(C)C. The number of nitrogens with two attached hydrogens (primary N) is 1. The Bertz CT molecular complexity index is 819. The van der Waals surface area contributed by atoms with Crippen molar-refractivity contribution >= 4 is 17.7 Å². The van der Waals surface area contributed by atoms with Crippen molar-refractivity contribution in [2.75, 3.05) is 7.05 Å². The zero-order chi connectivity index (χ0) is 26.2. The molecule has 2 rings (SSSR count). The number of carboxylic acid groups (broad SMARTS) is 1. The highest BCUT2D eigenvalue weighted by atomic mass is 16.5. The molecule has 35 heavy (non-hydrogen) atoms. The third-order valence-corrected chi connectivity index (χ3v) is 7.41. The van der Waals surface area contributed by atoms with Crippen molar-refractivity contribution in [1.82, 2.24) is 14.9 Å². The number of rotatable bonds is 14. The van der Waals surface area contributed by atoms with Gasteiger partial charge in [0, 0.05) is 43.0 Å². The van der Waals surface area contributed by atoms with Crippen molar-refractivity contribution in [2.24, 2.45) is 11.7 Å². The molecule has 0 spiro atoms. The van der Waals surface area contributed by atoms with Gasteiger partial charge in [-0.2, -0.15) is 0 Å². The zero-order valence-electron chi connectivity index (χ0n) is 22.0. The quantitative estimate of drug-likeness (QED) is 0.204. The Balaban J connectivity index is 2.02. The van der Waals surface area contributed by atoms with Gasteiger partial charge in [0.15, 0.2) is 5.78 Å². The minimum absolute atomic E-state index is 0.140. The standard InChI is InChI=1S/C26H44N4O5/c1-25(2)14-19(15-26(3,4)30(25)5)35-24(34)20(11-9-7-6-8-10-12-22(31)32)23(33)21(27)13-18-16-28-17-29-18/h16-17,19-21H,6-15,27H2,1-5H3,(H,28,29)(H,31,32)/t20?,21-/m0/s1. The van der Waals surface area contributed by atoms with E-state index in [0.717, 1.165) is 19.3 Å². The van der Waals surface area contributed by atoms with E-state index < -0.39 is 23.9 Å². The maximum absolute atomic E-state index is 13.3.